The number of aromatic nitrogens is 4. The third-order valence-electron chi connectivity index (χ3n) is 13.9. The van der Waals surface area contributed by atoms with Crippen molar-refractivity contribution in [2.24, 2.45) is 17.3 Å². The molecule has 90 heavy (non-hydrogen) atoms. The smallest absolute Gasteiger partial charge is 0.490 e. The topological polar surface area (TPSA) is 452 Å². The van der Waals surface area contributed by atoms with Crippen molar-refractivity contribution < 1.29 is 93.8 Å². The number of rotatable bonds is 32. The van der Waals surface area contributed by atoms with Gasteiger partial charge in [0.25, 0.3) is 5.91 Å². The van der Waals surface area contributed by atoms with E-state index in [0.29, 0.717) is 24.3 Å². The Balaban J connectivity index is 0.742. The number of carbonyl (C=O) groups excluding carboxylic acids is 3. The van der Waals surface area contributed by atoms with Gasteiger partial charge >= 0.3 is 23.5 Å². The van der Waals surface area contributed by atoms with Crippen molar-refractivity contribution in [1.29, 1.82) is 0 Å². The van der Waals surface area contributed by atoms with Gasteiger partial charge in [-0.2, -0.15) is 13.2 Å². The molecule has 33 nitrogen and oxygen atoms in total. The fraction of sp³-hybridized carbons (Fsp3) is 0.407. The van der Waals surface area contributed by atoms with Crippen molar-refractivity contribution in [3.05, 3.63) is 122 Å². The Bertz CT molecular complexity index is 3940. The molecule has 4 unspecified atom stereocenters. The molecule has 3 aromatic carbocycles. The number of ether oxygens (including phenoxy) is 6. The third-order valence-corrected chi connectivity index (χ3v) is 17.7. The maximum absolute atomic E-state index is 13.1. The lowest BCUT2D eigenvalue weighted by molar-refractivity contribution is -0.634. The number of nitrogens with zero attached hydrogens (tertiary/aromatic N) is 11. The lowest BCUT2D eigenvalue weighted by Crippen LogP contribution is -2.35. The van der Waals surface area contributed by atoms with E-state index in [9.17, 15) is 37.9 Å². The van der Waals surface area contributed by atoms with Crippen LogP contribution in [0.1, 0.15) is 66.4 Å². The van der Waals surface area contributed by atoms with Crippen LogP contribution in [0.2, 0.25) is 0 Å². The highest BCUT2D eigenvalue weighted by atomic mass is 31.3. The molecule has 3 aromatic heterocycles. The zero-order valence-corrected chi connectivity index (χ0v) is 51.4. The zero-order valence-electron chi connectivity index (χ0n) is 48.7. The van der Waals surface area contributed by atoms with Crippen molar-refractivity contribution >= 4 is 74.5 Å². The number of fused-ring (bicyclic) bond motifs is 5. The number of nitrogen functional groups attached to an aromatic ring is 1. The molecule has 0 aliphatic carbocycles. The van der Waals surface area contributed by atoms with Crippen LogP contribution in [0.3, 0.4) is 0 Å². The first-order chi connectivity index (χ1) is 43.1. The molecule has 0 radical (unpaired) electrons. The molecule has 8 rings (SSSR count). The van der Waals surface area contributed by atoms with E-state index in [-0.39, 0.29) is 86.3 Å². The molecule has 2 amide bonds. The molecule has 1 saturated heterocycles. The van der Waals surface area contributed by atoms with Crippen molar-refractivity contribution in [1.82, 2.24) is 25.2 Å². The number of nitrogens with two attached hydrogens (primary N) is 1. The van der Waals surface area contributed by atoms with Crippen LogP contribution in [-0.2, 0) is 75.5 Å². The Kier molecular flexibility index (Phi) is 23.5. The first-order valence-electron chi connectivity index (χ1n) is 27.7. The predicted molar refractivity (Wildman–Crippen MR) is 319 cm³/mol. The van der Waals surface area contributed by atoms with Gasteiger partial charge in [-0.3, -0.25) is 18.9 Å². The van der Waals surface area contributed by atoms with Crippen molar-refractivity contribution in [2.45, 2.75) is 70.8 Å². The van der Waals surface area contributed by atoms with Gasteiger partial charge in [-0.15, -0.1) is 0 Å². The zero-order chi connectivity index (χ0) is 64.6. The van der Waals surface area contributed by atoms with Gasteiger partial charge in [0, 0.05) is 83.7 Å². The number of nitrogens with one attached hydrogen (secondary N) is 2. The normalized spacial score (nSPS) is 16.8. The molecule has 2 aliphatic heterocycles. The highest BCUT2D eigenvalue weighted by Gasteiger charge is 2.44. The number of Topliss-reactive ketones (excluding diaryl/α,β-unsaturated/α-hetero) is 1. The van der Waals surface area contributed by atoms with E-state index in [0.717, 1.165) is 64.1 Å². The number of phosphoric acid groups is 3. The van der Waals surface area contributed by atoms with Crippen LogP contribution in [-0.4, -0.2) is 136 Å². The Morgan fingerprint density at radius 3 is 2.57 bits per heavy atom. The van der Waals surface area contributed by atoms with E-state index in [1.807, 2.05) is 18.2 Å². The molecule has 0 bridgehead atoms. The quantitative estimate of drug-likeness (QED) is 0.00468. The molecular weight excluding hydrogens is 1240 g/mol. The van der Waals surface area contributed by atoms with Gasteiger partial charge in [-0.1, -0.05) is 34.2 Å². The van der Waals surface area contributed by atoms with Crippen molar-refractivity contribution in [3.8, 4) is 34.6 Å². The van der Waals surface area contributed by atoms with E-state index in [2.05, 4.69) is 116 Å². The lowest BCUT2D eigenvalue weighted by atomic mass is 9.97. The maximum Gasteiger partial charge on any atom is 0.490 e. The summed E-state index contributed by atoms with van der Waals surface area (Å²) in [5.41, 5.74) is 31.2. The van der Waals surface area contributed by atoms with Gasteiger partial charge in [0.05, 0.1) is 54.5 Å². The van der Waals surface area contributed by atoms with E-state index in [1.165, 1.54) is 16.8 Å². The van der Waals surface area contributed by atoms with E-state index in [1.54, 1.807) is 18.2 Å². The summed E-state index contributed by atoms with van der Waals surface area (Å²) in [6, 6.07) is 20.9. The number of pyridine rings is 1. The van der Waals surface area contributed by atoms with E-state index >= 15 is 0 Å². The second kappa shape index (κ2) is 31.1. The summed E-state index contributed by atoms with van der Waals surface area (Å²) in [6.45, 7) is 4.37. The van der Waals surface area contributed by atoms with Gasteiger partial charge in [-0.25, -0.2) is 23.7 Å². The first kappa shape index (κ1) is 67.9. The Labute approximate surface area is 513 Å². The van der Waals surface area contributed by atoms with Crippen LogP contribution in [0.4, 0.5) is 11.5 Å². The van der Waals surface area contributed by atoms with Crippen LogP contribution in [0.5, 0.6) is 11.5 Å². The van der Waals surface area contributed by atoms with Crippen LogP contribution < -0.4 is 35.3 Å². The number of azide groups is 2. The molecule has 478 valence electrons. The number of ketones is 1. The average Bonchev–Trinajstić information content (AvgIpc) is 1.10. The molecule has 2 aliphatic rings. The number of hydrogen-bond acceptors (Lipinski definition) is 21. The van der Waals surface area contributed by atoms with Crippen LogP contribution >= 0.6 is 23.5 Å². The monoisotopic (exact) mass is 1310 g/mol. The number of carbonyl (C=O) groups is 3. The first-order valence-corrected chi connectivity index (χ1v) is 32.3. The van der Waals surface area contributed by atoms with E-state index in [4.69, 9.17) is 59.5 Å². The molecule has 5 heterocycles. The predicted octanol–water partition coefficient (Wildman–Crippen LogP) is 6.22. The Hall–Kier alpha value is -8.07. The minimum absolute atomic E-state index is 0.0126. The minimum Gasteiger partial charge on any atom is -0.491 e. The van der Waals surface area contributed by atoms with Crippen LogP contribution in [0.25, 0.3) is 54.1 Å². The molecule has 6 atom stereocenters. The highest BCUT2D eigenvalue weighted by Crippen LogP contribution is 2.66. The van der Waals surface area contributed by atoms with Crippen LogP contribution in [0.15, 0.2) is 89.5 Å². The summed E-state index contributed by atoms with van der Waals surface area (Å²) in [5, 5.41) is 13.6. The average molecular weight is 1310 g/mol. The number of anilines is 2. The largest absolute Gasteiger partial charge is 0.491 e. The van der Waals surface area contributed by atoms with Crippen molar-refractivity contribution in [3.63, 3.8) is 0 Å². The maximum atomic E-state index is 13.1. The fourth-order valence-electron chi connectivity index (χ4n) is 9.92. The summed E-state index contributed by atoms with van der Waals surface area (Å²) >= 11 is 0. The summed E-state index contributed by atoms with van der Waals surface area (Å²) in [6.07, 6.45) is -0.883. The summed E-state index contributed by atoms with van der Waals surface area (Å²) in [5.74, 6) is 5.96. The number of aryl methyl sites for hydroxylation is 1. The van der Waals surface area contributed by atoms with Crippen LogP contribution in [0, 0.1) is 11.8 Å². The highest BCUT2D eigenvalue weighted by molar-refractivity contribution is 7.66. The number of phosphoric ester groups is 1. The molecule has 0 saturated carbocycles. The third kappa shape index (κ3) is 18.5. The molecule has 8 N–H and O–H groups in total. The Morgan fingerprint density at radius 2 is 1.80 bits per heavy atom. The Morgan fingerprint density at radius 1 is 0.989 bits per heavy atom. The molecule has 6 aromatic rings. The van der Waals surface area contributed by atoms with Gasteiger partial charge in [0.1, 0.15) is 81.0 Å². The summed E-state index contributed by atoms with van der Waals surface area (Å²) in [7, 11) is -15.0. The van der Waals surface area contributed by atoms with Gasteiger partial charge in [0.2, 0.25) is 17.1 Å². The summed E-state index contributed by atoms with van der Waals surface area (Å²) < 4.78 is 85.9. The molecular formula is C54H64N14O19P3+. The lowest BCUT2D eigenvalue weighted by Gasteiger charge is -2.24. The second-order valence-corrected chi connectivity index (χ2v) is 24.3. The van der Waals surface area contributed by atoms with E-state index < -0.39 is 74.0 Å². The molecule has 1 fully saturated rings. The summed E-state index contributed by atoms with van der Waals surface area (Å²) in [4.78, 5) is 92.0. The van der Waals surface area contributed by atoms with Gasteiger partial charge in [-0.05, 0) is 79.4 Å². The van der Waals surface area contributed by atoms with Gasteiger partial charge < -0.3 is 73.8 Å². The second-order valence-electron chi connectivity index (χ2n) is 19.9. The minimum atomic E-state index is -5.82. The fourth-order valence-corrected chi connectivity index (χ4v) is 12.9. The molecule has 36 heteroatoms. The van der Waals surface area contributed by atoms with Crippen molar-refractivity contribution in [2.75, 3.05) is 76.6 Å². The standard InChI is InChI=1S/C54H63N14O19P3/c1-4-67(5-2)39-14-15-42-44(25-39)82-28-38-23-37-21-34(13-16-43(37)66(3)51(38)42)22-40(69)11-8-18-59-54(71)35-9-6-12-41(24-35)81-31-48(63-65-57)80-20-19-79-30-47(70)58-17-7-10-36-27-68(53-50(36)52(55)60-32-61-53)49-26-45(83-33-62-64-56)46(85-49)29-84-89(75,76)87-90(77,78)86-88(72,73)74/h6,9,12-16,21,23-25,27,32,45-46,48-49H,4-5,8,11,17-20,22,26,28-31,33H2,1-3H3,(H7-,55,58,59,60,61,70,71,72,73,74,75,76,77,78)/p+1/t45?,46-,48?,49-/m1/s1. The number of benzene rings is 3. The SMILES string of the molecule is CCN(CC)c1ccc2c(c1)OCc1cc3cc(CC(=O)CCCNC(=O)c4cccc(OCC(N=[N+]=[N-])OCCOCC(=O)NCC#Cc5cn([C@H]6CC(OCN=[N+]=[N-])[C@@H](COP(=O)(O)OP(=O)(O)OP(=O)(O)O)O6)c6ncnc(N)c56)c4)ccc3[n+](C)c1-2. The number of amides is 2. The van der Waals surface area contributed by atoms with Gasteiger partial charge in [0.15, 0.2) is 6.23 Å². The molecule has 0 spiro atoms. The number of hydrogen-bond donors (Lipinski definition) is 7.